The topological polar surface area (TPSA) is 87.7 Å². The van der Waals surface area contributed by atoms with Crippen molar-refractivity contribution >= 4 is 58.4 Å². The van der Waals surface area contributed by atoms with Crippen LogP contribution in [-0.4, -0.2) is 73.3 Å². The van der Waals surface area contributed by atoms with Gasteiger partial charge in [0.25, 0.3) is 0 Å². The summed E-state index contributed by atoms with van der Waals surface area (Å²) in [6.45, 7) is 4.66. The van der Waals surface area contributed by atoms with Crippen molar-refractivity contribution in [2.45, 2.75) is 38.8 Å². The van der Waals surface area contributed by atoms with Crippen molar-refractivity contribution in [2.24, 2.45) is 0 Å². The number of hydrogen-bond acceptors (Lipinski definition) is 6. The maximum Gasteiger partial charge on any atom is 0.328 e. The van der Waals surface area contributed by atoms with Crippen molar-refractivity contribution in [3.05, 3.63) is 29.8 Å². The second-order valence-electron chi connectivity index (χ2n) is 7.08. The zero-order valence-electron chi connectivity index (χ0n) is 18.9. The van der Waals surface area contributed by atoms with E-state index in [0.717, 1.165) is 11.3 Å². The number of rotatable bonds is 15. The summed E-state index contributed by atoms with van der Waals surface area (Å²) in [6.07, 6.45) is 2.66. The molecule has 1 rings (SSSR count). The molecule has 1 aromatic carbocycles. The second-order valence-corrected chi connectivity index (χ2v) is 8.82. The van der Waals surface area contributed by atoms with Gasteiger partial charge >= 0.3 is 5.97 Å². The molecule has 0 spiro atoms. The summed E-state index contributed by atoms with van der Waals surface area (Å²) in [5.74, 6) is 0.447. The third kappa shape index (κ3) is 10.3. The van der Waals surface area contributed by atoms with E-state index in [2.05, 4.69) is 15.5 Å². The first-order valence-corrected chi connectivity index (χ1v) is 13.0. The van der Waals surface area contributed by atoms with Gasteiger partial charge in [-0.15, -0.1) is 23.2 Å². The van der Waals surface area contributed by atoms with E-state index in [9.17, 15) is 14.4 Å². The molecule has 0 heterocycles. The Balaban J connectivity index is 2.93. The van der Waals surface area contributed by atoms with Gasteiger partial charge in [0.1, 0.15) is 12.1 Å². The second kappa shape index (κ2) is 16.0. The number of amides is 2. The lowest BCUT2D eigenvalue weighted by Crippen LogP contribution is -2.52. The maximum atomic E-state index is 12.9. The third-order valence-corrected chi connectivity index (χ3v) is 5.62. The molecule has 0 saturated heterocycles. The minimum atomic E-state index is -0.814. The molecule has 0 saturated carbocycles. The lowest BCUT2D eigenvalue weighted by Gasteiger charge is -2.24. The Labute approximate surface area is 204 Å². The Bertz CT molecular complexity index is 716. The van der Waals surface area contributed by atoms with Crippen molar-refractivity contribution in [3.63, 3.8) is 0 Å². The van der Waals surface area contributed by atoms with Crippen molar-refractivity contribution < 1.29 is 19.1 Å². The highest BCUT2D eigenvalue weighted by Crippen LogP contribution is 2.17. The fraction of sp³-hybridized carbons (Fsp3) is 0.591. The van der Waals surface area contributed by atoms with Crippen LogP contribution in [0.15, 0.2) is 24.3 Å². The molecule has 10 heteroatoms. The summed E-state index contributed by atoms with van der Waals surface area (Å²) in [6, 6.07) is 6.13. The molecule has 0 aliphatic heterocycles. The van der Waals surface area contributed by atoms with E-state index >= 15 is 0 Å². The molecule has 0 aliphatic rings. The molecule has 2 amide bonds. The van der Waals surface area contributed by atoms with Gasteiger partial charge in [0.2, 0.25) is 11.8 Å². The Hall–Kier alpha value is -1.64. The van der Waals surface area contributed by atoms with Crippen LogP contribution in [0.1, 0.15) is 25.8 Å². The highest BCUT2D eigenvalue weighted by molar-refractivity contribution is 7.98. The lowest BCUT2D eigenvalue weighted by atomic mass is 10.0. The molecule has 0 unspecified atom stereocenters. The van der Waals surface area contributed by atoms with Crippen LogP contribution in [0.4, 0.5) is 5.69 Å². The van der Waals surface area contributed by atoms with E-state index in [1.54, 1.807) is 18.7 Å². The smallest absolute Gasteiger partial charge is 0.328 e. The number of nitrogens with one attached hydrogen (secondary N) is 2. The number of alkyl halides is 2. The van der Waals surface area contributed by atoms with Gasteiger partial charge in [-0.2, -0.15) is 11.8 Å². The fourth-order valence-corrected chi connectivity index (χ4v) is 3.99. The molecule has 0 aromatic heterocycles. The number of anilines is 1. The molecule has 0 aliphatic carbocycles. The van der Waals surface area contributed by atoms with Crippen LogP contribution < -0.4 is 15.5 Å². The lowest BCUT2D eigenvalue weighted by molar-refractivity contribution is -0.147. The number of carbonyl (C=O) groups is 3. The number of esters is 1. The quantitative estimate of drug-likeness (QED) is 0.281. The first-order valence-electron chi connectivity index (χ1n) is 10.5. The van der Waals surface area contributed by atoms with Crippen molar-refractivity contribution in [2.75, 3.05) is 48.4 Å². The van der Waals surface area contributed by atoms with Gasteiger partial charge in [0.15, 0.2) is 0 Å². The number of ether oxygens (including phenoxy) is 1. The van der Waals surface area contributed by atoms with Crippen molar-refractivity contribution in [1.82, 2.24) is 10.6 Å². The van der Waals surface area contributed by atoms with Crippen LogP contribution in [0, 0.1) is 0 Å². The van der Waals surface area contributed by atoms with Crippen molar-refractivity contribution in [1.29, 1.82) is 0 Å². The van der Waals surface area contributed by atoms with E-state index in [0.29, 0.717) is 37.0 Å². The van der Waals surface area contributed by atoms with Crippen LogP contribution in [-0.2, 0) is 25.5 Å². The molecule has 0 radical (unpaired) electrons. The predicted octanol–water partition coefficient (Wildman–Crippen LogP) is 2.82. The molecular formula is C22H33Cl2N3O4S. The van der Waals surface area contributed by atoms with Crippen LogP contribution in [0.5, 0.6) is 0 Å². The van der Waals surface area contributed by atoms with Crippen LogP contribution in [0.3, 0.4) is 0 Å². The molecule has 7 nitrogen and oxygen atoms in total. The average Bonchev–Trinajstić information content (AvgIpc) is 2.76. The van der Waals surface area contributed by atoms with Gasteiger partial charge in [-0.25, -0.2) is 4.79 Å². The van der Waals surface area contributed by atoms with Crippen LogP contribution in [0.25, 0.3) is 0 Å². The number of carbonyl (C=O) groups excluding carboxylic acids is 3. The summed E-state index contributed by atoms with van der Waals surface area (Å²) in [5.41, 5.74) is 1.85. The molecule has 32 heavy (non-hydrogen) atoms. The Kier molecular flexibility index (Phi) is 14.2. The van der Waals surface area contributed by atoms with E-state index in [4.69, 9.17) is 27.9 Å². The van der Waals surface area contributed by atoms with Gasteiger partial charge in [0, 0.05) is 43.9 Å². The van der Waals surface area contributed by atoms with Crippen molar-refractivity contribution in [3.8, 4) is 0 Å². The summed E-state index contributed by atoms with van der Waals surface area (Å²) in [5, 5.41) is 5.43. The van der Waals surface area contributed by atoms with Gasteiger partial charge in [-0.05, 0) is 43.0 Å². The Morgan fingerprint density at radius 1 is 1.06 bits per heavy atom. The molecule has 2 atom stereocenters. The van der Waals surface area contributed by atoms with E-state index in [-0.39, 0.29) is 18.9 Å². The fourth-order valence-electron chi connectivity index (χ4n) is 3.11. The maximum absolute atomic E-state index is 12.9. The first-order chi connectivity index (χ1) is 15.4. The zero-order valence-corrected chi connectivity index (χ0v) is 21.2. The first kappa shape index (κ1) is 28.4. The molecule has 2 N–H and O–H groups in total. The number of nitrogens with zero attached hydrogens (tertiary/aromatic N) is 1. The Morgan fingerprint density at radius 3 is 2.19 bits per heavy atom. The van der Waals surface area contributed by atoms with Gasteiger partial charge in [-0.1, -0.05) is 12.1 Å². The summed E-state index contributed by atoms with van der Waals surface area (Å²) >= 11 is 13.3. The van der Waals surface area contributed by atoms with Gasteiger partial charge in [-0.3, -0.25) is 9.59 Å². The molecular weight excluding hydrogens is 473 g/mol. The normalized spacial score (nSPS) is 12.5. The molecule has 0 bridgehead atoms. The molecule has 0 fully saturated rings. The molecule has 1 aromatic rings. The van der Waals surface area contributed by atoms with Crippen LogP contribution in [0.2, 0.25) is 0 Å². The average molecular weight is 506 g/mol. The summed E-state index contributed by atoms with van der Waals surface area (Å²) < 4.78 is 5.08. The number of halogens is 2. The molecule has 180 valence electrons. The van der Waals surface area contributed by atoms with E-state index in [1.807, 2.05) is 30.5 Å². The standard InChI is InChI=1S/C22H33Cl2N3O4S/c1-4-31-22(30)19(9-14-32-3)26-21(29)20(25-16(2)28)15-17-5-7-18(8-6-17)27(12-10-23)13-11-24/h5-8,19-20H,4,9-15H2,1-3H3,(H,25,28)(H,26,29)/t19-,20-/m1/s1. The Morgan fingerprint density at radius 2 is 1.69 bits per heavy atom. The SMILES string of the molecule is CCOC(=O)[C@@H](CCSC)NC(=O)[C@@H](Cc1ccc(N(CCCl)CCCl)cc1)NC(C)=O. The highest BCUT2D eigenvalue weighted by atomic mass is 35.5. The number of hydrogen-bond donors (Lipinski definition) is 2. The zero-order chi connectivity index (χ0) is 23.9. The minimum Gasteiger partial charge on any atom is -0.464 e. The van der Waals surface area contributed by atoms with Gasteiger partial charge < -0.3 is 20.3 Å². The summed E-state index contributed by atoms with van der Waals surface area (Å²) in [7, 11) is 0. The minimum absolute atomic E-state index is 0.233. The van der Waals surface area contributed by atoms with Gasteiger partial charge in [0.05, 0.1) is 6.61 Å². The number of benzene rings is 1. The summed E-state index contributed by atoms with van der Waals surface area (Å²) in [4.78, 5) is 39.0. The monoisotopic (exact) mass is 505 g/mol. The third-order valence-electron chi connectivity index (χ3n) is 4.64. The number of thioether (sulfide) groups is 1. The van der Waals surface area contributed by atoms with E-state index < -0.39 is 24.0 Å². The van der Waals surface area contributed by atoms with Crippen LogP contribution >= 0.6 is 35.0 Å². The highest BCUT2D eigenvalue weighted by Gasteiger charge is 2.27. The predicted molar refractivity (Wildman–Crippen MR) is 133 cm³/mol. The largest absolute Gasteiger partial charge is 0.464 e. The van der Waals surface area contributed by atoms with E-state index in [1.165, 1.54) is 6.92 Å².